The molecular formula is C17H21NO3. The summed E-state index contributed by atoms with van der Waals surface area (Å²) in [6.45, 7) is 4.90. The van der Waals surface area contributed by atoms with Gasteiger partial charge in [-0.25, -0.2) is 4.79 Å². The molecule has 0 bridgehead atoms. The number of hydrogen-bond acceptors (Lipinski definition) is 3. The quantitative estimate of drug-likeness (QED) is 0.797. The molecular weight excluding hydrogens is 266 g/mol. The molecule has 1 fully saturated rings. The van der Waals surface area contributed by atoms with Gasteiger partial charge in [0.15, 0.2) is 5.78 Å². The van der Waals surface area contributed by atoms with Crippen molar-refractivity contribution in [2.24, 2.45) is 5.41 Å². The Hall–Kier alpha value is -1.84. The number of carbonyl (C=O) groups is 2. The van der Waals surface area contributed by atoms with E-state index in [4.69, 9.17) is 4.74 Å². The molecule has 0 N–H and O–H groups in total. The number of fused-ring (bicyclic) bond motifs is 1. The minimum absolute atomic E-state index is 0.106. The first-order valence-corrected chi connectivity index (χ1v) is 7.60. The lowest BCUT2D eigenvalue weighted by molar-refractivity contribution is 0.0446. The Morgan fingerprint density at radius 2 is 1.90 bits per heavy atom. The molecule has 0 saturated carbocycles. The summed E-state index contributed by atoms with van der Waals surface area (Å²) in [5, 5.41) is 0. The number of ketones is 1. The van der Waals surface area contributed by atoms with Gasteiger partial charge in [0.05, 0.1) is 6.10 Å². The van der Waals surface area contributed by atoms with Crippen LogP contribution in [0.15, 0.2) is 24.3 Å². The van der Waals surface area contributed by atoms with Crippen LogP contribution in [0, 0.1) is 5.41 Å². The Kier molecular flexibility index (Phi) is 3.47. The number of carbonyl (C=O) groups excluding carboxylic acids is 2. The highest BCUT2D eigenvalue weighted by Crippen LogP contribution is 2.44. The highest BCUT2D eigenvalue weighted by atomic mass is 16.6. The number of rotatable bonds is 1. The van der Waals surface area contributed by atoms with Crippen LogP contribution in [0.1, 0.15) is 42.6 Å². The number of ether oxygens (including phenoxy) is 1. The minimum atomic E-state index is -0.293. The maximum Gasteiger partial charge on any atom is 0.410 e. The molecule has 1 saturated heterocycles. The van der Waals surface area contributed by atoms with Crippen molar-refractivity contribution in [1.29, 1.82) is 0 Å². The molecule has 1 aromatic carbocycles. The molecule has 21 heavy (non-hydrogen) atoms. The van der Waals surface area contributed by atoms with Crippen molar-refractivity contribution in [3.8, 4) is 0 Å². The van der Waals surface area contributed by atoms with Crippen LogP contribution in [-0.4, -0.2) is 36.0 Å². The Morgan fingerprint density at radius 3 is 2.52 bits per heavy atom. The SMILES string of the molecule is CC(C)OC(=O)N1CCC2(CC1)Cc1ccccc1C2=O. The van der Waals surface area contributed by atoms with Crippen molar-refractivity contribution in [3.05, 3.63) is 35.4 Å². The third kappa shape index (κ3) is 2.43. The number of hydrogen-bond donors (Lipinski definition) is 0. The number of benzene rings is 1. The zero-order valence-electron chi connectivity index (χ0n) is 12.6. The van der Waals surface area contributed by atoms with E-state index in [0.717, 1.165) is 30.4 Å². The van der Waals surface area contributed by atoms with Crippen LogP contribution in [-0.2, 0) is 11.2 Å². The molecule has 0 aromatic heterocycles. The first-order chi connectivity index (χ1) is 10.0. The van der Waals surface area contributed by atoms with Crippen molar-refractivity contribution >= 4 is 11.9 Å². The smallest absolute Gasteiger partial charge is 0.410 e. The molecule has 1 aromatic rings. The second-order valence-corrected chi connectivity index (χ2v) is 6.36. The van der Waals surface area contributed by atoms with Crippen molar-refractivity contribution in [2.45, 2.75) is 39.2 Å². The molecule has 4 nitrogen and oxygen atoms in total. The highest BCUT2D eigenvalue weighted by molar-refractivity contribution is 6.05. The summed E-state index contributed by atoms with van der Waals surface area (Å²) in [7, 11) is 0. The summed E-state index contributed by atoms with van der Waals surface area (Å²) in [5.41, 5.74) is 1.73. The highest BCUT2D eigenvalue weighted by Gasteiger charge is 2.47. The average molecular weight is 287 g/mol. The summed E-state index contributed by atoms with van der Waals surface area (Å²) in [5.74, 6) is 0.259. The van der Waals surface area contributed by atoms with Crippen molar-refractivity contribution in [2.75, 3.05) is 13.1 Å². The van der Waals surface area contributed by atoms with Gasteiger partial charge in [0.25, 0.3) is 0 Å². The monoisotopic (exact) mass is 287 g/mol. The summed E-state index contributed by atoms with van der Waals surface area (Å²) in [6, 6.07) is 7.87. The largest absolute Gasteiger partial charge is 0.447 e. The van der Waals surface area contributed by atoms with E-state index in [1.54, 1.807) is 4.90 Å². The fourth-order valence-electron chi connectivity index (χ4n) is 3.42. The van der Waals surface area contributed by atoms with Gasteiger partial charge in [-0.1, -0.05) is 24.3 Å². The molecule has 112 valence electrons. The van der Waals surface area contributed by atoms with E-state index in [1.807, 2.05) is 38.1 Å². The predicted molar refractivity (Wildman–Crippen MR) is 79.3 cm³/mol. The van der Waals surface area contributed by atoms with Gasteiger partial charge in [-0.2, -0.15) is 0 Å². The molecule has 1 aliphatic carbocycles. The third-order valence-electron chi connectivity index (χ3n) is 4.59. The van der Waals surface area contributed by atoms with Crippen LogP contribution < -0.4 is 0 Å². The maximum absolute atomic E-state index is 12.7. The van der Waals surface area contributed by atoms with Gasteiger partial charge < -0.3 is 9.64 Å². The Labute approximate surface area is 125 Å². The second-order valence-electron chi connectivity index (χ2n) is 6.36. The van der Waals surface area contributed by atoms with E-state index in [1.165, 1.54) is 0 Å². The zero-order chi connectivity index (χ0) is 15.0. The zero-order valence-corrected chi connectivity index (χ0v) is 12.6. The van der Waals surface area contributed by atoms with Gasteiger partial charge in [0.1, 0.15) is 0 Å². The Balaban J connectivity index is 1.70. The third-order valence-corrected chi connectivity index (χ3v) is 4.59. The fraction of sp³-hybridized carbons (Fsp3) is 0.529. The molecule has 1 spiro atoms. The molecule has 1 heterocycles. The Bertz CT molecular complexity index is 571. The molecule has 0 atom stereocenters. The summed E-state index contributed by atoms with van der Waals surface area (Å²) >= 11 is 0. The number of amides is 1. The van der Waals surface area contributed by atoms with Crippen LogP contribution in [0.4, 0.5) is 4.79 Å². The van der Waals surface area contributed by atoms with Crippen molar-refractivity contribution in [1.82, 2.24) is 4.90 Å². The van der Waals surface area contributed by atoms with Gasteiger partial charge >= 0.3 is 6.09 Å². The Morgan fingerprint density at radius 1 is 1.24 bits per heavy atom. The minimum Gasteiger partial charge on any atom is -0.447 e. The van der Waals surface area contributed by atoms with Crippen LogP contribution in [0.5, 0.6) is 0 Å². The molecule has 1 amide bonds. The fourth-order valence-corrected chi connectivity index (χ4v) is 3.42. The lowest BCUT2D eigenvalue weighted by atomic mass is 9.75. The lowest BCUT2D eigenvalue weighted by Gasteiger charge is -2.37. The molecule has 3 rings (SSSR count). The normalized spacial score (nSPS) is 20.0. The van der Waals surface area contributed by atoms with Crippen LogP contribution in [0.25, 0.3) is 0 Å². The predicted octanol–water partition coefficient (Wildman–Crippen LogP) is 3.05. The standard InChI is InChI=1S/C17H21NO3/c1-12(2)21-16(20)18-9-7-17(8-10-18)11-13-5-3-4-6-14(13)15(17)19/h3-6,12H,7-11H2,1-2H3. The number of likely N-dealkylation sites (tertiary alicyclic amines) is 1. The summed E-state index contributed by atoms with van der Waals surface area (Å²) < 4.78 is 5.23. The van der Waals surface area contributed by atoms with E-state index >= 15 is 0 Å². The second kappa shape index (κ2) is 5.17. The van der Waals surface area contributed by atoms with Gasteiger partial charge in [-0.05, 0) is 38.7 Å². The number of nitrogens with zero attached hydrogens (tertiary/aromatic N) is 1. The van der Waals surface area contributed by atoms with E-state index < -0.39 is 0 Å². The maximum atomic E-state index is 12.7. The van der Waals surface area contributed by atoms with Gasteiger partial charge in [0, 0.05) is 24.1 Å². The first kappa shape index (κ1) is 14.1. The van der Waals surface area contributed by atoms with Crippen molar-refractivity contribution < 1.29 is 14.3 Å². The van der Waals surface area contributed by atoms with E-state index in [0.29, 0.717) is 13.1 Å². The lowest BCUT2D eigenvalue weighted by Crippen LogP contribution is -2.46. The molecule has 1 aliphatic heterocycles. The summed E-state index contributed by atoms with van der Waals surface area (Å²) in [6.07, 6.45) is 1.91. The van der Waals surface area contributed by atoms with E-state index in [-0.39, 0.29) is 23.4 Å². The van der Waals surface area contributed by atoms with Crippen LogP contribution in [0.2, 0.25) is 0 Å². The van der Waals surface area contributed by atoms with Crippen LogP contribution in [0.3, 0.4) is 0 Å². The molecule has 0 radical (unpaired) electrons. The molecule has 2 aliphatic rings. The first-order valence-electron chi connectivity index (χ1n) is 7.60. The molecule has 4 heteroatoms. The average Bonchev–Trinajstić information content (AvgIpc) is 2.72. The van der Waals surface area contributed by atoms with Gasteiger partial charge in [-0.15, -0.1) is 0 Å². The topological polar surface area (TPSA) is 46.6 Å². The van der Waals surface area contributed by atoms with Gasteiger partial charge in [-0.3, -0.25) is 4.79 Å². The van der Waals surface area contributed by atoms with Crippen molar-refractivity contribution in [3.63, 3.8) is 0 Å². The number of Topliss-reactive ketones (excluding diaryl/α,β-unsaturated/α-hetero) is 1. The van der Waals surface area contributed by atoms with E-state index in [2.05, 4.69) is 0 Å². The van der Waals surface area contributed by atoms with E-state index in [9.17, 15) is 9.59 Å². The molecule has 0 unspecified atom stereocenters. The van der Waals surface area contributed by atoms with Gasteiger partial charge in [0.2, 0.25) is 0 Å². The van der Waals surface area contributed by atoms with Crippen LogP contribution >= 0.6 is 0 Å². The summed E-state index contributed by atoms with van der Waals surface area (Å²) in [4.78, 5) is 26.3. The number of piperidine rings is 1.